The zero-order chi connectivity index (χ0) is 23.8. The van der Waals surface area contributed by atoms with Crippen LogP contribution in [0.15, 0.2) is 78.9 Å². The minimum absolute atomic E-state index is 0.174. The van der Waals surface area contributed by atoms with Crippen molar-refractivity contribution in [2.45, 2.75) is 12.1 Å². The van der Waals surface area contributed by atoms with Gasteiger partial charge in [0, 0.05) is 32.7 Å². The van der Waals surface area contributed by atoms with E-state index < -0.39 is 6.10 Å². The van der Waals surface area contributed by atoms with Gasteiger partial charge in [-0.2, -0.15) is 0 Å². The highest BCUT2D eigenvalue weighted by Crippen LogP contribution is 2.36. The molecule has 1 fully saturated rings. The van der Waals surface area contributed by atoms with E-state index in [1.54, 1.807) is 14.2 Å². The summed E-state index contributed by atoms with van der Waals surface area (Å²) in [7, 11) is 3.19. The molecule has 0 spiro atoms. The highest BCUT2D eigenvalue weighted by atomic mass is 16.5. The molecule has 1 saturated heterocycles. The van der Waals surface area contributed by atoms with E-state index in [4.69, 9.17) is 14.2 Å². The van der Waals surface area contributed by atoms with Crippen LogP contribution in [0.3, 0.4) is 0 Å². The molecule has 3 aromatic rings. The number of benzene rings is 3. The van der Waals surface area contributed by atoms with Crippen LogP contribution in [0, 0.1) is 0 Å². The molecule has 1 N–H and O–H groups in total. The first-order valence-electron chi connectivity index (χ1n) is 11.8. The lowest BCUT2D eigenvalue weighted by Gasteiger charge is -2.40. The standard InChI is InChI=1S/C28H34N2O4/c1-32-25-14-9-15-26(33-2)28(25)34-21-24(31)20-29-16-18-30(19-17-29)27(22-10-5-3-6-11-22)23-12-7-4-8-13-23/h3-15,24,27,31H,16-21H2,1-2H3/t24-/m1/s1. The lowest BCUT2D eigenvalue weighted by Crippen LogP contribution is -2.50. The van der Waals surface area contributed by atoms with Crippen molar-refractivity contribution in [3.05, 3.63) is 90.0 Å². The predicted molar refractivity (Wildman–Crippen MR) is 134 cm³/mol. The Morgan fingerprint density at radius 2 is 1.26 bits per heavy atom. The molecule has 4 rings (SSSR count). The fourth-order valence-electron chi connectivity index (χ4n) is 4.58. The van der Waals surface area contributed by atoms with Gasteiger partial charge in [-0.1, -0.05) is 66.7 Å². The van der Waals surface area contributed by atoms with Crippen LogP contribution in [-0.4, -0.2) is 74.6 Å². The second-order valence-corrected chi connectivity index (χ2v) is 8.52. The molecule has 0 unspecified atom stereocenters. The molecule has 6 heteroatoms. The van der Waals surface area contributed by atoms with Gasteiger partial charge in [-0.25, -0.2) is 0 Å². The highest BCUT2D eigenvalue weighted by Gasteiger charge is 2.27. The van der Waals surface area contributed by atoms with Gasteiger partial charge < -0.3 is 19.3 Å². The van der Waals surface area contributed by atoms with Gasteiger partial charge in [0.2, 0.25) is 5.75 Å². The first kappa shape index (κ1) is 24.1. The Labute approximate surface area is 202 Å². The number of nitrogens with zero attached hydrogens (tertiary/aromatic N) is 2. The minimum Gasteiger partial charge on any atom is -0.493 e. The second kappa shape index (κ2) is 11.9. The van der Waals surface area contributed by atoms with E-state index in [9.17, 15) is 5.11 Å². The molecule has 180 valence electrons. The number of rotatable bonds is 10. The summed E-state index contributed by atoms with van der Waals surface area (Å²) in [5.41, 5.74) is 2.61. The smallest absolute Gasteiger partial charge is 0.203 e. The molecule has 0 radical (unpaired) electrons. The van der Waals surface area contributed by atoms with Crippen molar-refractivity contribution in [2.24, 2.45) is 0 Å². The predicted octanol–water partition coefficient (Wildman–Crippen LogP) is 3.85. The lowest BCUT2D eigenvalue weighted by molar-refractivity contribution is 0.0390. The van der Waals surface area contributed by atoms with Gasteiger partial charge in [0.05, 0.1) is 20.3 Å². The van der Waals surface area contributed by atoms with E-state index in [1.807, 2.05) is 18.2 Å². The Morgan fingerprint density at radius 3 is 1.76 bits per heavy atom. The van der Waals surface area contributed by atoms with E-state index in [0.717, 1.165) is 26.2 Å². The molecular weight excluding hydrogens is 428 g/mol. The van der Waals surface area contributed by atoms with Crippen LogP contribution in [-0.2, 0) is 0 Å². The molecule has 1 aliphatic rings. The molecule has 0 bridgehead atoms. The zero-order valence-corrected chi connectivity index (χ0v) is 20.0. The third kappa shape index (κ3) is 5.89. The van der Waals surface area contributed by atoms with Crippen molar-refractivity contribution in [3.8, 4) is 17.2 Å². The van der Waals surface area contributed by atoms with Crippen molar-refractivity contribution < 1.29 is 19.3 Å². The summed E-state index contributed by atoms with van der Waals surface area (Å²) in [6, 6.07) is 27.1. The molecule has 1 heterocycles. The van der Waals surface area contributed by atoms with Crippen molar-refractivity contribution >= 4 is 0 Å². The first-order chi connectivity index (χ1) is 16.7. The maximum absolute atomic E-state index is 10.7. The van der Waals surface area contributed by atoms with E-state index in [2.05, 4.69) is 70.5 Å². The van der Waals surface area contributed by atoms with Gasteiger partial charge in [0.25, 0.3) is 0 Å². The number of para-hydroxylation sites is 1. The number of β-amino-alcohol motifs (C(OH)–C–C–N with tert-alkyl or cyclic N) is 1. The summed E-state index contributed by atoms with van der Waals surface area (Å²) in [5, 5.41) is 10.7. The third-order valence-electron chi connectivity index (χ3n) is 6.27. The average molecular weight is 463 g/mol. The summed E-state index contributed by atoms with van der Waals surface area (Å²) >= 11 is 0. The van der Waals surface area contributed by atoms with Crippen LogP contribution in [0.4, 0.5) is 0 Å². The topological polar surface area (TPSA) is 54.4 Å². The number of methoxy groups -OCH3 is 2. The summed E-state index contributed by atoms with van der Waals surface area (Å²) in [4.78, 5) is 4.83. The summed E-state index contributed by atoms with van der Waals surface area (Å²) in [6.45, 7) is 4.39. The van der Waals surface area contributed by atoms with Gasteiger partial charge in [0.1, 0.15) is 12.7 Å². The van der Waals surface area contributed by atoms with Crippen LogP contribution in [0.5, 0.6) is 17.2 Å². The number of aliphatic hydroxyl groups excluding tert-OH is 1. The maximum atomic E-state index is 10.7. The SMILES string of the molecule is COc1cccc(OC)c1OC[C@H](O)CN1CCN(C(c2ccccc2)c2ccccc2)CC1. The van der Waals surface area contributed by atoms with Crippen LogP contribution in [0.2, 0.25) is 0 Å². The van der Waals surface area contributed by atoms with Gasteiger partial charge >= 0.3 is 0 Å². The van der Waals surface area contributed by atoms with Gasteiger partial charge in [-0.15, -0.1) is 0 Å². The lowest BCUT2D eigenvalue weighted by atomic mass is 9.96. The largest absolute Gasteiger partial charge is 0.493 e. The molecule has 6 nitrogen and oxygen atoms in total. The Hall–Kier alpha value is -3.06. The maximum Gasteiger partial charge on any atom is 0.203 e. The van der Waals surface area contributed by atoms with Gasteiger partial charge in [-0.3, -0.25) is 9.80 Å². The number of piperazine rings is 1. The molecule has 3 aromatic carbocycles. The second-order valence-electron chi connectivity index (χ2n) is 8.52. The van der Waals surface area contributed by atoms with E-state index >= 15 is 0 Å². The number of ether oxygens (including phenoxy) is 3. The Balaban J connectivity index is 1.34. The Kier molecular flexibility index (Phi) is 8.41. The van der Waals surface area contributed by atoms with Gasteiger partial charge in [0.15, 0.2) is 11.5 Å². The fraction of sp³-hybridized carbons (Fsp3) is 0.357. The Morgan fingerprint density at radius 1 is 0.735 bits per heavy atom. The first-order valence-corrected chi connectivity index (χ1v) is 11.8. The summed E-state index contributed by atoms with van der Waals surface area (Å²) < 4.78 is 16.6. The molecule has 1 atom stereocenters. The summed E-state index contributed by atoms with van der Waals surface area (Å²) in [6.07, 6.45) is -0.611. The molecule has 34 heavy (non-hydrogen) atoms. The van der Waals surface area contributed by atoms with E-state index in [1.165, 1.54) is 11.1 Å². The Bertz CT molecular complexity index is 946. The number of aliphatic hydroxyl groups is 1. The molecule has 0 amide bonds. The average Bonchev–Trinajstić information content (AvgIpc) is 2.89. The van der Waals surface area contributed by atoms with Crippen molar-refractivity contribution in [1.82, 2.24) is 9.80 Å². The molecule has 0 aliphatic carbocycles. The van der Waals surface area contributed by atoms with Crippen molar-refractivity contribution in [3.63, 3.8) is 0 Å². The highest BCUT2D eigenvalue weighted by molar-refractivity contribution is 5.51. The monoisotopic (exact) mass is 462 g/mol. The van der Waals surface area contributed by atoms with Crippen LogP contribution >= 0.6 is 0 Å². The van der Waals surface area contributed by atoms with Crippen LogP contribution in [0.1, 0.15) is 17.2 Å². The minimum atomic E-state index is -0.611. The molecule has 0 saturated carbocycles. The molecule has 0 aromatic heterocycles. The van der Waals surface area contributed by atoms with Crippen molar-refractivity contribution in [2.75, 3.05) is 53.6 Å². The molecular formula is C28H34N2O4. The summed E-state index contributed by atoms with van der Waals surface area (Å²) in [5.74, 6) is 1.70. The van der Waals surface area contributed by atoms with Gasteiger partial charge in [-0.05, 0) is 23.3 Å². The third-order valence-corrected chi connectivity index (χ3v) is 6.27. The quantitative estimate of drug-likeness (QED) is 0.494. The zero-order valence-electron chi connectivity index (χ0n) is 20.0. The molecule has 1 aliphatic heterocycles. The van der Waals surface area contributed by atoms with E-state index in [0.29, 0.717) is 23.8 Å². The normalized spacial score (nSPS) is 15.8. The van der Waals surface area contributed by atoms with Crippen LogP contribution < -0.4 is 14.2 Å². The number of hydrogen-bond donors (Lipinski definition) is 1. The van der Waals surface area contributed by atoms with Crippen molar-refractivity contribution in [1.29, 1.82) is 0 Å². The van der Waals surface area contributed by atoms with E-state index in [-0.39, 0.29) is 12.6 Å². The fourth-order valence-corrected chi connectivity index (χ4v) is 4.58. The number of hydrogen-bond acceptors (Lipinski definition) is 6. The van der Waals surface area contributed by atoms with Crippen LogP contribution in [0.25, 0.3) is 0 Å².